The van der Waals surface area contributed by atoms with Crippen molar-refractivity contribution in [1.82, 2.24) is 14.5 Å². The SMILES string of the molecule is CCCn1c(=O)c(C(F)(F)F)nc2c(N)cc(NCCO)nc21. The Hall–Kier alpha value is -2.36. The largest absolute Gasteiger partial charge is 0.438 e. The van der Waals surface area contributed by atoms with Crippen molar-refractivity contribution in [3.8, 4) is 0 Å². The molecule has 0 aliphatic heterocycles. The molecule has 2 aromatic rings. The molecule has 0 saturated heterocycles. The summed E-state index contributed by atoms with van der Waals surface area (Å²) in [7, 11) is 0. The number of hydrogen-bond acceptors (Lipinski definition) is 6. The highest BCUT2D eigenvalue weighted by Gasteiger charge is 2.37. The van der Waals surface area contributed by atoms with E-state index in [1.54, 1.807) is 6.92 Å². The van der Waals surface area contributed by atoms with E-state index in [4.69, 9.17) is 10.8 Å². The van der Waals surface area contributed by atoms with Crippen LogP contribution >= 0.6 is 0 Å². The Balaban J connectivity index is 2.78. The van der Waals surface area contributed by atoms with Crippen molar-refractivity contribution in [2.24, 2.45) is 0 Å². The van der Waals surface area contributed by atoms with Gasteiger partial charge in [0, 0.05) is 19.2 Å². The molecular weight excluding hydrogens is 315 g/mol. The molecule has 0 aromatic carbocycles. The quantitative estimate of drug-likeness (QED) is 0.760. The Morgan fingerprint density at radius 3 is 2.65 bits per heavy atom. The van der Waals surface area contributed by atoms with Crippen LogP contribution in [0, 0.1) is 0 Å². The third-order valence-electron chi connectivity index (χ3n) is 3.06. The first-order valence-electron chi connectivity index (χ1n) is 6.92. The lowest BCUT2D eigenvalue weighted by atomic mass is 10.3. The molecular formula is C13H16F3N5O2. The Morgan fingerprint density at radius 1 is 1.39 bits per heavy atom. The van der Waals surface area contributed by atoms with Crippen LogP contribution in [0.25, 0.3) is 11.2 Å². The van der Waals surface area contributed by atoms with Crippen molar-refractivity contribution in [1.29, 1.82) is 0 Å². The van der Waals surface area contributed by atoms with Gasteiger partial charge in [-0.05, 0) is 6.42 Å². The first-order chi connectivity index (χ1) is 10.8. The number of anilines is 2. The smallest absolute Gasteiger partial charge is 0.397 e. The lowest BCUT2D eigenvalue weighted by molar-refractivity contribution is -0.142. The van der Waals surface area contributed by atoms with E-state index in [1.807, 2.05) is 0 Å². The van der Waals surface area contributed by atoms with Crippen molar-refractivity contribution < 1.29 is 18.3 Å². The molecule has 126 valence electrons. The molecule has 0 aliphatic rings. The minimum Gasteiger partial charge on any atom is -0.397 e. The summed E-state index contributed by atoms with van der Waals surface area (Å²) in [6.45, 7) is 1.80. The number of aryl methyl sites for hydroxylation is 1. The third-order valence-corrected chi connectivity index (χ3v) is 3.06. The lowest BCUT2D eigenvalue weighted by Crippen LogP contribution is -2.31. The number of aliphatic hydroxyl groups is 1. The fourth-order valence-electron chi connectivity index (χ4n) is 2.12. The fraction of sp³-hybridized carbons (Fsp3) is 0.462. The average Bonchev–Trinajstić information content (AvgIpc) is 2.46. The minimum atomic E-state index is -4.87. The molecule has 2 heterocycles. The number of rotatable bonds is 5. The lowest BCUT2D eigenvalue weighted by Gasteiger charge is -2.14. The second kappa shape index (κ2) is 6.41. The van der Waals surface area contributed by atoms with Gasteiger partial charge < -0.3 is 16.2 Å². The number of nitrogen functional groups attached to an aromatic ring is 1. The van der Waals surface area contributed by atoms with E-state index in [2.05, 4.69) is 15.3 Å². The topological polar surface area (TPSA) is 106 Å². The van der Waals surface area contributed by atoms with Crippen molar-refractivity contribution in [3.05, 3.63) is 22.1 Å². The molecule has 0 bridgehead atoms. The molecule has 4 N–H and O–H groups in total. The predicted molar refractivity (Wildman–Crippen MR) is 79.1 cm³/mol. The van der Waals surface area contributed by atoms with Crippen LogP contribution in [0.15, 0.2) is 10.9 Å². The van der Waals surface area contributed by atoms with Crippen LogP contribution in [-0.2, 0) is 12.7 Å². The number of pyridine rings is 1. The number of nitrogens with two attached hydrogens (primary N) is 1. The molecule has 0 unspecified atom stereocenters. The highest BCUT2D eigenvalue weighted by molar-refractivity contribution is 5.86. The maximum absolute atomic E-state index is 13.0. The molecule has 0 saturated carbocycles. The van der Waals surface area contributed by atoms with E-state index < -0.39 is 17.4 Å². The Morgan fingerprint density at radius 2 is 2.09 bits per heavy atom. The number of aromatic nitrogens is 3. The normalized spacial score (nSPS) is 11.9. The van der Waals surface area contributed by atoms with E-state index >= 15 is 0 Å². The molecule has 0 atom stereocenters. The van der Waals surface area contributed by atoms with Gasteiger partial charge in [0.2, 0.25) is 5.69 Å². The number of aliphatic hydroxyl groups excluding tert-OH is 1. The summed E-state index contributed by atoms with van der Waals surface area (Å²) in [6, 6.07) is 1.31. The highest BCUT2D eigenvalue weighted by atomic mass is 19.4. The molecule has 0 aliphatic carbocycles. The Bertz CT molecular complexity index is 773. The number of nitrogens with zero attached hydrogens (tertiary/aromatic N) is 3. The van der Waals surface area contributed by atoms with Gasteiger partial charge in [0.25, 0.3) is 5.56 Å². The standard InChI is InChI=1S/C13H16F3N5O2/c1-2-4-21-11-9(20-10(12(21)23)13(14,15)16)7(17)6-8(19-11)18-3-5-22/h6,22H,2-5H2,1H3,(H3,17,18,19). The monoisotopic (exact) mass is 331 g/mol. The number of fused-ring (bicyclic) bond motifs is 1. The van der Waals surface area contributed by atoms with E-state index in [1.165, 1.54) is 6.07 Å². The fourth-order valence-corrected chi connectivity index (χ4v) is 2.12. The van der Waals surface area contributed by atoms with Crippen LogP contribution in [0.3, 0.4) is 0 Å². The maximum Gasteiger partial charge on any atom is 0.438 e. The summed E-state index contributed by atoms with van der Waals surface area (Å²) < 4.78 is 39.9. The molecule has 23 heavy (non-hydrogen) atoms. The van der Waals surface area contributed by atoms with Crippen LogP contribution in [0.1, 0.15) is 19.0 Å². The molecule has 2 aromatic heterocycles. The van der Waals surface area contributed by atoms with Crippen molar-refractivity contribution >= 4 is 22.7 Å². The Labute approximate surface area is 129 Å². The van der Waals surface area contributed by atoms with E-state index in [0.29, 0.717) is 6.42 Å². The summed E-state index contributed by atoms with van der Waals surface area (Å²) in [5.41, 5.74) is 2.77. The number of halogens is 3. The third kappa shape index (κ3) is 3.36. The van der Waals surface area contributed by atoms with Gasteiger partial charge in [0.1, 0.15) is 11.3 Å². The first kappa shape index (κ1) is 17.0. The van der Waals surface area contributed by atoms with Gasteiger partial charge in [0.05, 0.1) is 12.3 Å². The Kier molecular flexibility index (Phi) is 4.73. The van der Waals surface area contributed by atoms with Gasteiger partial charge in [-0.3, -0.25) is 9.36 Å². The molecule has 7 nitrogen and oxygen atoms in total. The summed E-state index contributed by atoms with van der Waals surface area (Å²) in [5, 5.41) is 11.6. The van der Waals surface area contributed by atoms with Crippen molar-refractivity contribution in [2.45, 2.75) is 26.1 Å². The minimum absolute atomic E-state index is 0.0229. The number of alkyl halides is 3. The van der Waals surface area contributed by atoms with Gasteiger partial charge in [-0.1, -0.05) is 6.92 Å². The number of nitrogens with one attached hydrogen (secondary N) is 1. The van der Waals surface area contributed by atoms with Crippen LogP contribution in [0.4, 0.5) is 24.7 Å². The molecule has 2 rings (SSSR count). The molecule has 0 fully saturated rings. The van der Waals surface area contributed by atoms with Crippen molar-refractivity contribution in [2.75, 3.05) is 24.2 Å². The summed E-state index contributed by atoms with van der Waals surface area (Å²) in [6.07, 6.45) is -4.44. The second-order valence-electron chi connectivity index (χ2n) is 4.83. The predicted octanol–water partition coefficient (Wildman–Crippen LogP) is 1.21. The van der Waals surface area contributed by atoms with Gasteiger partial charge in [-0.15, -0.1) is 0 Å². The van der Waals surface area contributed by atoms with Crippen molar-refractivity contribution in [3.63, 3.8) is 0 Å². The first-order valence-corrected chi connectivity index (χ1v) is 6.92. The van der Waals surface area contributed by atoms with Gasteiger partial charge >= 0.3 is 6.18 Å². The van der Waals surface area contributed by atoms with Gasteiger partial charge in [-0.25, -0.2) is 9.97 Å². The van der Waals surface area contributed by atoms with Crippen LogP contribution in [-0.4, -0.2) is 32.8 Å². The summed E-state index contributed by atoms with van der Waals surface area (Å²) >= 11 is 0. The van der Waals surface area contributed by atoms with E-state index in [9.17, 15) is 18.0 Å². The second-order valence-corrected chi connectivity index (χ2v) is 4.83. The van der Waals surface area contributed by atoms with Crippen LogP contribution < -0.4 is 16.6 Å². The van der Waals surface area contributed by atoms with Crippen LogP contribution in [0.2, 0.25) is 0 Å². The number of hydrogen-bond donors (Lipinski definition) is 3. The zero-order valence-electron chi connectivity index (χ0n) is 12.3. The maximum atomic E-state index is 13.0. The van der Waals surface area contributed by atoms with Gasteiger partial charge in [-0.2, -0.15) is 13.2 Å². The zero-order chi connectivity index (χ0) is 17.2. The summed E-state index contributed by atoms with van der Waals surface area (Å²) in [5.74, 6) is 0.245. The molecule has 0 spiro atoms. The van der Waals surface area contributed by atoms with E-state index in [-0.39, 0.29) is 42.4 Å². The summed E-state index contributed by atoms with van der Waals surface area (Å²) in [4.78, 5) is 19.6. The molecule has 0 amide bonds. The molecule has 0 radical (unpaired) electrons. The van der Waals surface area contributed by atoms with E-state index in [0.717, 1.165) is 4.57 Å². The van der Waals surface area contributed by atoms with Gasteiger partial charge in [0.15, 0.2) is 5.65 Å². The molecule has 10 heteroatoms. The highest BCUT2D eigenvalue weighted by Crippen LogP contribution is 2.28. The average molecular weight is 331 g/mol. The van der Waals surface area contributed by atoms with Crippen LogP contribution in [0.5, 0.6) is 0 Å². The zero-order valence-corrected chi connectivity index (χ0v) is 12.3.